The molecule has 4 heteroatoms. The number of aryl methyl sites for hydroxylation is 1. The Labute approximate surface area is 168 Å². The Morgan fingerprint density at radius 3 is 2.33 bits per heavy atom. The summed E-state index contributed by atoms with van der Waals surface area (Å²) in [6.45, 7) is 15.6. The van der Waals surface area contributed by atoms with E-state index in [4.69, 9.17) is 9.47 Å². The van der Waals surface area contributed by atoms with E-state index in [0.717, 1.165) is 31.6 Å². The van der Waals surface area contributed by atoms with Crippen LogP contribution in [0.25, 0.3) is 0 Å². The van der Waals surface area contributed by atoms with E-state index in [-0.39, 0.29) is 11.0 Å². The standard InChI is InChI=1S/C23H42BNO2/c1-9-11-12-16-22(4,5)25-18(3)24-23(6,7)27-20-15-14-19(13-10-2)17-21(20)26-8/h14-15,17-18,24-25H,9-13,16H2,1-8H3. The Morgan fingerprint density at radius 1 is 1.04 bits per heavy atom. The van der Waals surface area contributed by atoms with Gasteiger partial charge in [0.15, 0.2) is 18.8 Å². The molecule has 1 aromatic rings. The van der Waals surface area contributed by atoms with Crippen LogP contribution in [-0.2, 0) is 6.42 Å². The van der Waals surface area contributed by atoms with Crippen molar-refractivity contribution in [2.75, 3.05) is 7.11 Å². The molecule has 0 aromatic heterocycles. The average molecular weight is 375 g/mol. The highest BCUT2D eigenvalue weighted by atomic mass is 16.5. The molecule has 1 N–H and O–H groups in total. The highest BCUT2D eigenvalue weighted by Crippen LogP contribution is 2.31. The minimum atomic E-state index is -0.272. The lowest BCUT2D eigenvalue weighted by atomic mass is 9.56. The smallest absolute Gasteiger partial charge is 0.195 e. The second-order valence-electron chi connectivity index (χ2n) is 9.19. The van der Waals surface area contributed by atoms with E-state index in [1.807, 2.05) is 0 Å². The molecule has 0 amide bonds. The van der Waals surface area contributed by atoms with Gasteiger partial charge in [-0.1, -0.05) is 52.5 Å². The molecule has 3 nitrogen and oxygen atoms in total. The second kappa shape index (κ2) is 11.0. The number of benzene rings is 1. The molecule has 27 heavy (non-hydrogen) atoms. The van der Waals surface area contributed by atoms with Crippen molar-refractivity contribution < 1.29 is 9.47 Å². The van der Waals surface area contributed by atoms with E-state index in [0.29, 0.717) is 5.94 Å². The molecule has 1 rings (SSSR count). The van der Waals surface area contributed by atoms with E-state index < -0.39 is 0 Å². The first-order valence-electron chi connectivity index (χ1n) is 10.8. The van der Waals surface area contributed by atoms with Gasteiger partial charge in [-0.2, -0.15) is 0 Å². The Bertz CT molecular complexity index is 557. The van der Waals surface area contributed by atoms with Crippen LogP contribution < -0.4 is 14.8 Å². The van der Waals surface area contributed by atoms with Crippen LogP contribution in [0, 0.1) is 0 Å². The van der Waals surface area contributed by atoms with Crippen LogP contribution >= 0.6 is 0 Å². The maximum Gasteiger partial charge on any atom is 0.195 e. The minimum absolute atomic E-state index is 0.157. The predicted octanol–water partition coefficient (Wildman–Crippen LogP) is 5.49. The summed E-state index contributed by atoms with van der Waals surface area (Å²) in [5.41, 5.74) is 1.18. The van der Waals surface area contributed by atoms with Crippen molar-refractivity contribution in [2.24, 2.45) is 0 Å². The molecule has 0 bridgehead atoms. The van der Waals surface area contributed by atoms with E-state index in [2.05, 4.69) is 72.0 Å². The molecular formula is C23H42BNO2. The largest absolute Gasteiger partial charge is 0.493 e. The van der Waals surface area contributed by atoms with Gasteiger partial charge in [0.1, 0.15) is 0 Å². The van der Waals surface area contributed by atoms with Crippen LogP contribution in [0.1, 0.15) is 86.1 Å². The van der Waals surface area contributed by atoms with Gasteiger partial charge in [-0.3, -0.25) is 0 Å². The highest BCUT2D eigenvalue weighted by molar-refractivity contribution is 6.41. The number of hydrogen-bond acceptors (Lipinski definition) is 3. The molecular weight excluding hydrogens is 333 g/mol. The van der Waals surface area contributed by atoms with Crippen molar-refractivity contribution >= 4 is 7.28 Å². The number of ether oxygens (including phenoxy) is 2. The van der Waals surface area contributed by atoms with E-state index in [9.17, 15) is 0 Å². The number of hydrogen-bond donors (Lipinski definition) is 1. The third-order valence-corrected chi connectivity index (χ3v) is 4.99. The SMILES string of the molecule is CCCCCC(C)(C)NC(C)BC(C)(C)Oc1ccc(CCC)cc1OC. The number of nitrogens with one attached hydrogen (secondary N) is 1. The van der Waals surface area contributed by atoms with Crippen molar-refractivity contribution in [1.29, 1.82) is 0 Å². The van der Waals surface area contributed by atoms with E-state index >= 15 is 0 Å². The van der Waals surface area contributed by atoms with Gasteiger partial charge in [-0.25, -0.2) is 0 Å². The zero-order valence-electron chi connectivity index (χ0n) is 19.1. The molecule has 0 saturated carbocycles. The van der Waals surface area contributed by atoms with Crippen LogP contribution in [0.15, 0.2) is 18.2 Å². The van der Waals surface area contributed by atoms with Crippen LogP contribution in [0.2, 0.25) is 0 Å². The second-order valence-corrected chi connectivity index (χ2v) is 9.19. The fourth-order valence-electron chi connectivity index (χ4n) is 3.92. The summed E-state index contributed by atoms with van der Waals surface area (Å²) in [6, 6.07) is 6.31. The number of methoxy groups -OCH3 is 1. The summed E-state index contributed by atoms with van der Waals surface area (Å²) in [7, 11) is 2.65. The summed E-state index contributed by atoms with van der Waals surface area (Å²) >= 11 is 0. The molecule has 0 saturated heterocycles. The quantitative estimate of drug-likeness (QED) is 0.365. The lowest BCUT2D eigenvalue weighted by molar-refractivity contribution is 0.182. The van der Waals surface area contributed by atoms with Gasteiger partial charge in [-0.05, 0) is 64.2 Å². The lowest BCUT2D eigenvalue weighted by Crippen LogP contribution is -2.53. The third-order valence-electron chi connectivity index (χ3n) is 4.99. The van der Waals surface area contributed by atoms with Crippen LogP contribution in [0.4, 0.5) is 0 Å². The molecule has 0 radical (unpaired) electrons. The Morgan fingerprint density at radius 2 is 1.74 bits per heavy atom. The monoisotopic (exact) mass is 375 g/mol. The Kier molecular flexibility index (Phi) is 9.73. The molecule has 0 aliphatic carbocycles. The third kappa shape index (κ3) is 9.05. The molecule has 0 heterocycles. The van der Waals surface area contributed by atoms with Crippen molar-refractivity contribution in [2.45, 2.75) is 104 Å². The number of rotatable bonds is 13. The van der Waals surface area contributed by atoms with E-state index in [1.54, 1.807) is 7.11 Å². The molecule has 0 fully saturated rings. The maximum absolute atomic E-state index is 6.38. The molecule has 0 aliphatic heterocycles. The molecule has 0 aliphatic rings. The minimum Gasteiger partial charge on any atom is -0.493 e. The lowest BCUT2D eigenvalue weighted by Gasteiger charge is -2.34. The van der Waals surface area contributed by atoms with Gasteiger partial charge in [0, 0.05) is 5.54 Å². The van der Waals surface area contributed by atoms with Crippen molar-refractivity contribution in [3.05, 3.63) is 23.8 Å². The average Bonchev–Trinajstić information content (AvgIpc) is 2.55. The van der Waals surface area contributed by atoms with Gasteiger partial charge < -0.3 is 14.8 Å². The van der Waals surface area contributed by atoms with Crippen molar-refractivity contribution in [3.63, 3.8) is 0 Å². The van der Waals surface area contributed by atoms with Crippen LogP contribution in [0.3, 0.4) is 0 Å². The van der Waals surface area contributed by atoms with E-state index in [1.165, 1.54) is 31.2 Å². The molecule has 1 unspecified atom stereocenters. The normalized spacial score (nSPS) is 13.3. The first kappa shape index (κ1) is 23.9. The fraction of sp³-hybridized carbons (Fsp3) is 0.739. The number of unbranched alkanes of at least 4 members (excludes halogenated alkanes) is 2. The Hall–Kier alpha value is -1.16. The highest BCUT2D eigenvalue weighted by Gasteiger charge is 2.29. The first-order valence-corrected chi connectivity index (χ1v) is 10.8. The fourth-order valence-corrected chi connectivity index (χ4v) is 3.92. The van der Waals surface area contributed by atoms with Crippen LogP contribution in [-0.4, -0.2) is 31.4 Å². The summed E-state index contributed by atoms with van der Waals surface area (Å²) in [5.74, 6) is 2.04. The van der Waals surface area contributed by atoms with Gasteiger partial charge in [-0.15, -0.1) is 0 Å². The summed E-state index contributed by atoms with van der Waals surface area (Å²) < 4.78 is 12.0. The Balaban J connectivity index is 2.69. The van der Waals surface area contributed by atoms with Gasteiger partial charge in [0.05, 0.1) is 12.6 Å². The zero-order chi connectivity index (χ0) is 20.5. The summed E-state index contributed by atoms with van der Waals surface area (Å²) in [5, 5.41) is 3.80. The predicted molar refractivity (Wildman–Crippen MR) is 120 cm³/mol. The van der Waals surface area contributed by atoms with Crippen molar-refractivity contribution in [3.8, 4) is 11.5 Å². The van der Waals surface area contributed by atoms with Crippen LogP contribution in [0.5, 0.6) is 11.5 Å². The van der Waals surface area contributed by atoms with Crippen molar-refractivity contribution in [1.82, 2.24) is 5.32 Å². The summed E-state index contributed by atoms with van der Waals surface area (Å²) in [6.07, 6.45) is 7.26. The molecule has 1 aromatic carbocycles. The van der Waals surface area contributed by atoms with Gasteiger partial charge >= 0.3 is 0 Å². The topological polar surface area (TPSA) is 30.5 Å². The van der Waals surface area contributed by atoms with Gasteiger partial charge in [0.2, 0.25) is 0 Å². The van der Waals surface area contributed by atoms with Gasteiger partial charge in [0.25, 0.3) is 0 Å². The zero-order valence-corrected chi connectivity index (χ0v) is 19.1. The summed E-state index contributed by atoms with van der Waals surface area (Å²) in [4.78, 5) is 0. The molecule has 1 atom stereocenters. The molecule has 0 spiro atoms. The molecule has 154 valence electrons. The first-order chi connectivity index (χ1) is 12.6. The maximum atomic E-state index is 6.38.